The van der Waals surface area contributed by atoms with Crippen molar-refractivity contribution in [3.05, 3.63) is 82.6 Å². The first-order valence-corrected chi connectivity index (χ1v) is 10.4. The molecule has 25 heavy (non-hydrogen) atoms. The lowest BCUT2D eigenvalue weighted by molar-refractivity contribution is 0.685. The molecule has 2 aromatic carbocycles. The van der Waals surface area contributed by atoms with Crippen molar-refractivity contribution in [2.24, 2.45) is 4.99 Å². The standard InChI is InChI=1S/C20H17ClN2OS/c1-25(2,24)15-10-8-14(9-11-15)20-19-7-4-12-23(19)18-6-3-5-17(21)16(18)13-22-20/h3-12H,1,13H2,2H3. The molecule has 0 fully saturated rings. The molecule has 5 heteroatoms. The second kappa shape index (κ2) is 5.90. The molecule has 3 nitrogen and oxygen atoms in total. The van der Waals surface area contributed by atoms with Crippen LogP contribution in [0.5, 0.6) is 0 Å². The Balaban J connectivity index is 1.86. The van der Waals surface area contributed by atoms with Crippen LogP contribution in [0.2, 0.25) is 5.02 Å². The van der Waals surface area contributed by atoms with Crippen LogP contribution >= 0.6 is 11.6 Å². The summed E-state index contributed by atoms with van der Waals surface area (Å²) in [5.74, 6) is 3.74. The van der Waals surface area contributed by atoms with Crippen LogP contribution in [-0.2, 0) is 16.1 Å². The number of nitrogens with zero attached hydrogens (tertiary/aromatic N) is 2. The number of benzene rings is 2. The van der Waals surface area contributed by atoms with E-state index in [-0.39, 0.29) is 0 Å². The first-order chi connectivity index (χ1) is 11.9. The lowest BCUT2D eigenvalue weighted by Gasteiger charge is -2.12. The summed E-state index contributed by atoms with van der Waals surface area (Å²) < 4.78 is 14.2. The molecule has 2 heterocycles. The summed E-state index contributed by atoms with van der Waals surface area (Å²) in [7, 11) is -2.22. The highest BCUT2D eigenvalue weighted by Gasteiger charge is 2.19. The van der Waals surface area contributed by atoms with Crippen molar-refractivity contribution in [3.63, 3.8) is 0 Å². The maximum atomic E-state index is 12.1. The summed E-state index contributed by atoms with van der Waals surface area (Å²) in [6, 6.07) is 17.6. The van der Waals surface area contributed by atoms with Crippen molar-refractivity contribution in [1.82, 2.24) is 4.57 Å². The van der Waals surface area contributed by atoms with Gasteiger partial charge in [0, 0.05) is 33.5 Å². The van der Waals surface area contributed by atoms with Crippen LogP contribution in [0.25, 0.3) is 5.69 Å². The molecular weight excluding hydrogens is 352 g/mol. The van der Waals surface area contributed by atoms with Crippen LogP contribution < -0.4 is 0 Å². The van der Waals surface area contributed by atoms with Gasteiger partial charge >= 0.3 is 0 Å². The highest BCUT2D eigenvalue weighted by molar-refractivity contribution is 7.99. The molecule has 1 aliphatic heterocycles. The summed E-state index contributed by atoms with van der Waals surface area (Å²) in [6.45, 7) is 0.521. The predicted molar refractivity (Wildman–Crippen MR) is 106 cm³/mol. The van der Waals surface area contributed by atoms with E-state index in [4.69, 9.17) is 16.6 Å². The molecule has 0 bridgehead atoms. The van der Waals surface area contributed by atoms with E-state index in [1.807, 2.05) is 54.7 Å². The van der Waals surface area contributed by atoms with Gasteiger partial charge in [0.1, 0.15) is 0 Å². The average Bonchev–Trinajstić information content (AvgIpc) is 2.99. The van der Waals surface area contributed by atoms with Crippen molar-refractivity contribution in [2.75, 3.05) is 6.26 Å². The molecule has 4 rings (SSSR count). The Kier molecular flexibility index (Phi) is 3.82. The molecule has 0 N–H and O–H groups in total. The van der Waals surface area contributed by atoms with E-state index in [1.165, 1.54) is 0 Å². The Morgan fingerprint density at radius 3 is 2.60 bits per heavy atom. The van der Waals surface area contributed by atoms with Gasteiger partial charge in [0.2, 0.25) is 0 Å². The third-order valence-electron chi connectivity index (χ3n) is 4.37. The molecule has 1 unspecified atom stereocenters. The number of aromatic nitrogens is 1. The molecular formula is C20H17ClN2OS. The van der Waals surface area contributed by atoms with Gasteiger partial charge in [0.05, 0.1) is 23.6 Å². The van der Waals surface area contributed by atoms with Gasteiger partial charge in [-0.05, 0) is 51.8 Å². The van der Waals surface area contributed by atoms with Crippen molar-refractivity contribution in [1.29, 1.82) is 0 Å². The quantitative estimate of drug-likeness (QED) is 0.624. The fraction of sp³-hybridized carbons (Fsp3) is 0.100. The number of halogens is 1. The van der Waals surface area contributed by atoms with Crippen molar-refractivity contribution >= 4 is 32.7 Å². The third-order valence-corrected chi connectivity index (χ3v) is 5.99. The smallest absolute Gasteiger partial charge is 0.0891 e. The van der Waals surface area contributed by atoms with E-state index in [0.717, 1.165) is 38.1 Å². The summed E-state index contributed by atoms with van der Waals surface area (Å²) >= 11 is 6.39. The van der Waals surface area contributed by atoms with Gasteiger partial charge in [0.15, 0.2) is 0 Å². The number of hydrogen-bond donors (Lipinski definition) is 0. The maximum absolute atomic E-state index is 12.1. The molecule has 1 atom stereocenters. The maximum Gasteiger partial charge on any atom is 0.0891 e. The van der Waals surface area contributed by atoms with Gasteiger partial charge in [-0.2, -0.15) is 0 Å². The molecule has 3 aromatic rings. The lowest BCUT2D eigenvalue weighted by atomic mass is 10.1. The van der Waals surface area contributed by atoms with Crippen molar-refractivity contribution in [2.45, 2.75) is 11.4 Å². The SMILES string of the molecule is C=S(C)(=O)c1ccc(C2=NCc3c(Cl)cccc3-n3cccc32)cc1. The zero-order valence-corrected chi connectivity index (χ0v) is 15.3. The Labute approximate surface area is 152 Å². The summed E-state index contributed by atoms with van der Waals surface area (Å²) in [4.78, 5) is 5.57. The molecule has 1 aliphatic rings. The van der Waals surface area contributed by atoms with E-state index in [2.05, 4.69) is 16.5 Å². The summed E-state index contributed by atoms with van der Waals surface area (Å²) in [6.07, 6.45) is 3.67. The van der Waals surface area contributed by atoms with Gasteiger partial charge < -0.3 is 4.57 Å². The molecule has 126 valence electrons. The predicted octanol–water partition coefficient (Wildman–Crippen LogP) is 4.19. The normalized spacial score (nSPS) is 15.5. The highest BCUT2D eigenvalue weighted by Crippen LogP contribution is 2.29. The Bertz CT molecular complexity index is 1090. The van der Waals surface area contributed by atoms with Crippen LogP contribution in [0.15, 0.2) is 70.7 Å². The zero-order valence-electron chi connectivity index (χ0n) is 13.8. The topological polar surface area (TPSA) is 34.4 Å². The third kappa shape index (κ3) is 2.81. The minimum atomic E-state index is -2.22. The lowest BCUT2D eigenvalue weighted by Crippen LogP contribution is -2.08. The summed E-state index contributed by atoms with van der Waals surface area (Å²) in [5.41, 5.74) is 4.96. The fourth-order valence-corrected chi connectivity index (χ4v) is 4.03. The minimum Gasteiger partial charge on any atom is -0.315 e. The number of hydrogen-bond acceptors (Lipinski definition) is 2. The number of fused-ring (bicyclic) bond motifs is 3. The number of aliphatic imine (C=N–C) groups is 1. The second-order valence-electron chi connectivity index (χ2n) is 6.20. The van der Waals surface area contributed by atoms with E-state index in [1.54, 1.807) is 6.26 Å². The first-order valence-electron chi connectivity index (χ1n) is 7.88. The van der Waals surface area contributed by atoms with E-state index < -0.39 is 9.52 Å². The molecule has 0 radical (unpaired) electrons. The molecule has 0 aliphatic carbocycles. The second-order valence-corrected chi connectivity index (χ2v) is 9.08. The van der Waals surface area contributed by atoms with Crippen molar-refractivity contribution in [3.8, 4) is 5.69 Å². The van der Waals surface area contributed by atoms with Crippen LogP contribution in [-0.4, -0.2) is 26.6 Å². The average molecular weight is 369 g/mol. The molecule has 0 spiro atoms. The molecule has 0 saturated carbocycles. The van der Waals surface area contributed by atoms with Gasteiger partial charge in [-0.1, -0.05) is 29.8 Å². The minimum absolute atomic E-state index is 0.521. The van der Waals surface area contributed by atoms with Crippen molar-refractivity contribution < 1.29 is 4.21 Å². The van der Waals surface area contributed by atoms with Gasteiger partial charge in [-0.15, -0.1) is 0 Å². The van der Waals surface area contributed by atoms with Gasteiger partial charge in [0.25, 0.3) is 0 Å². The van der Waals surface area contributed by atoms with Crippen LogP contribution in [0.4, 0.5) is 0 Å². The van der Waals surface area contributed by atoms with E-state index in [0.29, 0.717) is 6.54 Å². The Morgan fingerprint density at radius 1 is 1.12 bits per heavy atom. The van der Waals surface area contributed by atoms with Gasteiger partial charge in [-0.3, -0.25) is 9.20 Å². The fourth-order valence-electron chi connectivity index (χ4n) is 3.09. The number of rotatable bonds is 2. The van der Waals surface area contributed by atoms with Crippen LogP contribution in [0, 0.1) is 0 Å². The van der Waals surface area contributed by atoms with E-state index in [9.17, 15) is 4.21 Å². The largest absolute Gasteiger partial charge is 0.315 e. The monoisotopic (exact) mass is 368 g/mol. The Morgan fingerprint density at radius 2 is 1.88 bits per heavy atom. The molecule has 1 aromatic heterocycles. The Hall–Kier alpha value is -2.30. The summed E-state index contributed by atoms with van der Waals surface area (Å²) in [5, 5.41) is 0.722. The zero-order chi connectivity index (χ0) is 17.6. The van der Waals surface area contributed by atoms with Gasteiger partial charge in [-0.25, -0.2) is 0 Å². The van der Waals surface area contributed by atoms with Crippen LogP contribution in [0.1, 0.15) is 16.8 Å². The van der Waals surface area contributed by atoms with E-state index >= 15 is 0 Å². The first kappa shape index (κ1) is 16.2. The molecule has 0 saturated heterocycles. The highest BCUT2D eigenvalue weighted by atomic mass is 35.5. The van der Waals surface area contributed by atoms with Crippen LogP contribution in [0.3, 0.4) is 0 Å². The molecule has 0 amide bonds.